The maximum Gasteiger partial charge on any atom is 0.401 e. The van der Waals surface area contributed by atoms with Crippen LogP contribution in [0.4, 0.5) is 17.6 Å². The van der Waals surface area contributed by atoms with Crippen LogP contribution in [0, 0.1) is 5.82 Å². The van der Waals surface area contributed by atoms with Gasteiger partial charge in [0.05, 0.1) is 13.1 Å². The molecule has 1 saturated carbocycles. The molecule has 0 N–H and O–H groups in total. The van der Waals surface area contributed by atoms with Gasteiger partial charge in [-0.1, -0.05) is 12.1 Å². The molecule has 110 valence electrons. The van der Waals surface area contributed by atoms with Crippen LogP contribution in [0.5, 0.6) is 0 Å². The summed E-state index contributed by atoms with van der Waals surface area (Å²) in [4.78, 5) is 13.0. The standard InChI is InChI=1S/C14H15F4NO/c15-11-3-1-10(2-4-11)7-13(20)8-19(12-5-6-12)9-14(16,17)18/h1-4,12H,5-9H2. The summed E-state index contributed by atoms with van der Waals surface area (Å²) in [5, 5.41) is 0. The largest absolute Gasteiger partial charge is 0.401 e. The third-order valence-electron chi connectivity index (χ3n) is 3.14. The van der Waals surface area contributed by atoms with E-state index in [9.17, 15) is 22.4 Å². The van der Waals surface area contributed by atoms with Crippen LogP contribution in [0.1, 0.15) is 18.4 Å². The number of carbonyl (C=O) groups is 1. The average Bonchev–Trinajstić information content (AvgIpc) is 3.13. The minimum Gasteiger partial charge on any atom is -0.298 e. The number of ketones is 1. The first-order valence-electron chi connectivity index (χ1n) is 6.40. The highest BCUT2D eigenvalue weighted by Gasteiger charge is 2.38. The van der Waals surface area contributed by atoms with Crippen LogP contribution in [-0.4, -0.2) is 36.0 Å². The fourth-order valence-electron chi connectivity index (χ4n) is 2.10. The number of benzene rings is 1. The van der Waals surface area contributed by atoms with Crippen molar-refractivity contribution in [3.05, 3.63) is 35.6 Å². The number of hydrogen-bond donors (Lipinski definition) is 0. The van der Waals surface area contributed by atoms with Crippen LogP contribution in [-0.2, 0) is 11.2 Å². The van der Waals surface area contributed by atoms with Crippen LogP contribution < -0.4 is 0 Å². The van der Waals surface area contributed by atoms with Gasteiger partial charge in [-0.05, 0) is 30.5 Å². The second kappa shape index (κ2) is 5.91. The van der Waals surface area contributed by atoms with Crippen molar-refractivity contribution >= 4 is 5.78 Å². The number of Topliss-reactive ketones (excluding diaryl/α,β-unsaturated/α-hetero) is 1. The molecule has 0 atom stereocenters. The van der Waals surface area contributed by atoms with Crippen molar-refractivity contribution in [1.82, 2.24) is 4.90 Å². The number of carbonyl (C=O) groups excluding carboxylic acids is 1. The molecule has 0 aliphatic heterocycles. The van der Waals surface area contributed by atoms with Gasteiger partial charge in [0.2, 0.25) is 0 Å². The summed E-state index contributed by atoms with van der Waals surface area (Å²) >= 11 is 0. The third-order valence-corrected chi connectivity index (χ3v) is 3.14. The highest BCUT2D eigenvalue weighted by atomic mass is 19.4. The molecule has 20 heavy (non-hydrogen) atoms. The Hall–Kier alpha value is -1.43. The quantitative estimate of drug-likeness (QED) is 0.750. The lowest BCUT2D eigenvalue weighted by Crippen LogP contribution is -2.39. The van der Waals surface area contributed by atoms with E-state index in [0.29, 0.717) is 18.4 Å². The Morgan fingerprint density at radius 1 is 1.20 bits per heavy atom. The maximum atomic E-state index is 12.7. The molecule has 1 fully saturated rings. The molecule has 0 unspecified atom stereocenters. The van der Waals surface area contributed by atoms with Gasteiger partial charge in [0.15, 0.2) is 5.78 Å². The zero-order valence-electron chi connectivity index (χ0n) is 10.8. The molecular weight excluding hydrogens is 274 g/mol. The summed E-state index contributed by atoms with van der Waals surface area (Å²) < 4.78 is 50.0. The zero-order chi connectivity index (χ0) is 14.8. The van der Waals surface area contributed by atoms with Gasteiger partial charge in [-0.25, -0.2) is 4.39 Å². The summed E-state index contributed by atoms with van der Waals surface area (Å²) in [7, 11) is 0. The van der Waals surface area contributed by atoms with E-state index >= 15 is 0 Å². The van der Waals surface area contributed by atoms with Crippen molar-refractivity contribution in [3.63, 3.8) is 0 Å². The van der Waals surface area contributed by atoms with Gasteiger partial charge in [0.25, 0.3) is 0 Å². The fourth-order valence-corrected chi connectivity index (χ4v) is 2.10. The number of rotatable bonds is 6. The first-order chi connectivity index (χ1) is 9.33. The number of hydrogen-bond acceptors (Lipinski definition) is 2. The van der Waals surface area contributed by atoms with Gasteiger partial charge < -0.3 is 0 Å². The van der Waals surface area contributed by atoms with Crippen molar-refractivity contribution in [3.8, 4) is 0 Å². The van der Waals surface area contributed by atoms with E-state index in [4.69, 9.17) is 0 Å². The van der Waals surface area contributed by atoms with Gasteiger partial charge in [0, 0.05) is 12.5 Å². The number of nitrogens with zero attached hydrogens (tertiary/aromatic N) is 1. The molecule has 0 amide bonds. The van der Waals surface area contributed by atoms with E-state index in [0.717, 1.165) is 0 Å². The smallest absolute Gasteiger partial charge is 0.298 e. The van der Waals surface area contributed by atoms with Crippen LogP contribution in [0.15, 0.2) is 24.3 Å². The van der Waals surface area contributed by atoms with Gasteiger partial charge in [-0.15, -0.1) is 0 Å². The van der Waals surface area contributed by atoms with Gasteiger partial charge >= 0.3 is 6.18 Å². The van der Waals surface area contributed by atoms with Crippen LogP contribution >= 0.6 is 0 Å². The van der Waals surface area contributed by atoms with Gasteiger partial charge in [0.1, 0.15) is 5.82 Å². The lowest BCUT2D eigenvalue weighted by molar-refractivity contribution is -0.149. The fraction of sp³-hybridized carbons (Fsp3) is 0.500. The Balaban J connectivity index is 1.89. The van der Waals surface area contributed by atoms with Gasteiger partial charge in [-0.2, -0.15) is 13.2 Å². The van der Waals surface area contributed by atoms with E-state index in [1.807, 2.05) is 0 Å². The topological polar surface area (TPSA) is 20.3 Å². The lowest BCUT2D eigenvalue weighted by atomic mass is 10.1. The number of halogens is 4. The van der Waals surface area contributed by atoms with Crippen LogP contribution in [0.2, 0.25) is 0 Å². The Kier molecular flexibility index (Phi) is 4.42. The Labute approximate surface area is 114 Å². The molecule has 0 saturated heterocycles. The highest BCUT2D eigenvalue weighted by molar-refractivity contribution is 5.82. The van der Waals surface area contributed by atoms with Crippen molar-refractivity contribution in [2.45, 2.75) is 31.5 Å². The van der Waals surface area contributed by atoms with E-state index in [-0.39, 0.29) is 24.8 Å². The molecule has 2 rings (SSSR count). The molecule has 2 nitrogen and oxygen atoms in total. The van der Waals surface area contributed by atoms with Crippen molar-refractivity contribution < 1.29 is 22.4 Å². The maximum absolute atomic E-state index is 12.7. The van der Waals surface area contributed by atoms with Crippen molar-refractivity contribution in [2.75, 3.05) is 13.1 Å². The molecule has 1 aromatic carbocycles. The highest BCUT2D eigenvalue weighted by Crippen LogP contribution is 2.29. The normalized spacial score (nSPS) is 15.7. The third kappa shape index (κ3) is 4.92. The molecule has 0 bridgehead atoms. The van der Waals surface area contributed by atoms with E-state index in [1.165, 1.54) is 29.2 Å². The molecule has 6 heteroatoms. The summed E-state index contributed by atoms with van der Waals surface area (Å²) in [6, 6.07) is 5.28. The first kappa shape index (κ1) is 15.0. The molecule has 1 aliphatic rings. The zero-order valence-corrected chi connectivity index (χ0v) is 10.8. The van der Waals surface area contributed by atoms with Crippen molar-refractivity contribution in [2.24, 2.45) is 0 Å². The SMILES string of the molecule is O=C(Cc1ccc(F)cc1)CN(CC(F)(F)F)C1CC1. The minimum atomic E-state index is -4.29. The molecule has 1 aromatic rings. The average molecular weight is 289 g/mol. The summed E-state index contributed by atoms with van der Waals surface area (Å²) in [5.74, 6) is -0.689. The Morgan fingerprint density at radius 2 is 1.80 bits per heavy atom. The molecule has 0 aromatic heterocycles. The predicted molar refractivity (Wildman–Crippen MR) is 65.8 cm³/mol. The van der Waals surface area contributed by atoms with E-state index in [1.54, 1.807) is 0 Å². The Morgan fingerprint density at radius 3 is 2.30 bits per heavy atom. The molecule has 0 heterocycles. The van der Waals surface area contributed by atoms with E-state index < -0.39 is 18.5 Å². The molecule has 0 spiro atoms. The lowest BCUT2D eigenvalue weighted by Gasteiger charge is -2.22. The Bertz CT molecular complexity index is 465. The van der Waals surface area contributed by atoms with Crippen LogP contribution in [0.25, 0.3) is 0 Å². The second-order valence-electron chi connectivity index (χ2n) is 5.09. The summed E-state index contributed by atoms with van der Waals surface area (Å²) in [6.07, 6.45) is -2.85. The molecule has 0 radical (unpaired) electrons. The number of alkyl halides is 3. The van der Waals surface area contributed by atoms with Gasteiger partial charge in [-0.3, -0.25) is 9.69 Å². The first-order valence-corrected chi connectivity index (χ1v) is 6.40. The van der Waals surface area contributed by atoms with E-state index in [2.05, 4.69) is 0 Å². The summed E-state index contributed by atoms with van der Waals surface area (Å²) in [5.41, 5.74) is 0.610. The second-order valence-corrected chi connectivity index (χ2v) is 5.09. The molecule has 1 aliphatic carbocycles. The minimum absolute atomic E-state index is 0.0291. The predicted octanol–water partition coefficient (Wildman–Crippen LogP) is 2.96. The summed E-state index contributed by atoms with van der Waals surface area (Å²) in [6.45, 7) is -1.26. The molecular formula is C14H15F4NO. The van der Waals surface area contributed by atoms with Crippen LogP contribution in [0.3, 0.4) is 0 Å². The van der Waals surface area contributed by atoms with Crippen molar-refractivity contribution in [1.29, 1.82) is 0 Å². The monoisotopic (exact) mass is 289 g/mol.